The second kappa shape index (κ2) is 10.5. The lowest BCUT2D eigenvalue weighted by molar-refractivity contribution is 0.553. The maximum absolute atomic E-state index is 2.59. The van der Waals surface area contributed by atoms with Gasteiger partial charge in [0.25, 0.3) is 0 Å². The second-order valence-corrected chi connectivity index (χ2v) is 20.3. The molecule has 0 aliphatic carbocycles. The Bertz CT molecular complexity index is 2240. The van der Waals surface area contributed by atoms with Crippen molar-refractivity contribution in [2.45, 2.75) is 131 Å². The highest BCUT2D eigenvalue weighted by atomic mass is 14.4. The molecule has 0 unspecified atom stereocenters. The lowest BCUT2D eigenvalue weighted by atomic mass is 9.30. The third-order valence-electron chi connectivity index (χ3n) is 11.4. The van der Waals surface area contributed by atoms with Crippen LogP contribution >= 0.6 is 0 Å². The third kappa shape index (κ3) is 5.33. The van der Waals surface area contributed by atoms with E-state index in [1.54, 1.807) is 0 Å². The molecule has 49 heavy (non-hydrogen) atoms. The van der Waals surface area contributed by atoms with Gasteiger partial charge in [0.05, 0.1) is 0 Å². The van der Waals surface area contributed by atoms with E-state index in [9.17, 15) is 0 Å². The van der Waals surface area contributed by atoms with Crippen LogP contribution in [0.3, 0.4) is 0 Å². The first-order valence-corrected chi connectivity index (χ1v) is 18.6. The first-order chi connectivity index (χ1) is 22.5. The van der Waals surface area contributed by atoms with Crippen LogP contribution in [0.2, 0.25) is 0 Å². The Morgan fingerprint density at radius 3 is 1.33 bits per heavy atom. The van der Waals surface area contributed by atoms with Gasteiger partial charge < -0.3 is 0 Å². The van der Waals surface area contributed by atoms with Gasteiger partial charge in [-0.2, -0.15) is 0 Å². The molecule has 0 amide bonds. The predicted octanol–water partition coefficient (Wildman–Crippen LogP) is 11.6. The molecule has 0 N–H and O–H groups in total. The molecule has 0 aromatic heterocycles. The van der Waals surface area contributed by atoms with E-state index in [0.717, 1.165) is 0 Å². The molecule has 1 heterocycles. The van der Waals surface area contributed by atoms with Crippen LogP contribution in [-0.4, -0.2) is 6.71 Å². The van der Waals surface area contributed by atoms with Crippen LogP contribution in [-0.2, 0) is 27.1 Å². The molecule has 252 valence electrons. The van der Waals surface area contributed by atoms with Crippen molar-refractivity contribution in [2.24, 2.45) is 0 Å². The normalized spacial score (nSPS) is 14.4. The Hall–Kier alpha value is -3.58. The summed E-state index contributed by atoms with van der Waals surface area (Å²) in [6, 6.07) is 29.3. The van der Waals surface area contributed by atoms with Crippen LogP contribution in [0.5, 0.6) is 0 Å². The topological polar surface area (TPSA) is 0 Å². The lowest BCUT2D eigenvalue weighted by Gasteiger charge is -2.40. The molecule has 0 spiro atoms. The number of hydrogen-bond acceptors (Lipinski definition) is 0. The van der Waals surface area contributed by atoms with E-state index in [0.29, 0.717) is 0 Å². The molecule has 0 saturated heterocycles. The van der Waals surface area contributed by atoms with Crippen LogP contribution in [0.4, 0.5) is 0 Å². The summed E-state index contributed by atoms with van der Waals surface area (Å²) in [4.78, 5) is 0. The van der Waals surface area contributed by atoms with E-state index >= 15 is 0 Å². The molecule has 0 radical (unpaired) electrons. The van der Waals surface area contributed by atoms with Gasteiger partial charge in [0.2, 0.25) is 6.71 Å². The van der Waals surface area contributed by atoms with Gasteiger partial charge in [0.1, 0.15) is 0 Å². The zero-order valence-electron chi connectivity index (χ0n) is 33.0. The summed E-state index contributed by atoms with van der Waals surface area (Å²) in [7, 11) is 0. The number of rotatable bonds is 1. The molecule has 1 aliphatic heterocycles. The van der Waals surface area contributed by atoms with Crippen molar-refractivity contribution in [3.8, 4) is 11.1 Å². The van der Waals surface area contributed by atoms with E-state index in [1.165, 1.54) is 87.6 Å². The van der Waals surface area contributed by atoms with Crippen molar-refractivity contribution in [3.63, 3.8) is 0 Å². The van der Waals surface area contributed by atoms with Crippen LogP contribution < -0.4 is 16.4 Å². The van der Waals surface area contributed by atoms with E-state index in [2.05, 4.69) is 177 Å². The monoisotopic (exact) mass is 644 g/mol. The van der Waals surface area contributed by atoms with Crippen molar-refractivity contribution in [1.82, 2.24) is 0 Å². The Morgan fingerprint density at radius 1 is 0.367 bits per heavy atom. The van der Waals surface area contributed by atoms with Gasteiger partial charge in [-0.25, -0.2) is 0 Å². The third-order valence-corrected chi connectivity index (χ3v) is 11.4. The van der Waals surface area contributed by atoms with Gasteiger partial charge in [0, 0.05) is 0 Å². The minimum Gasteiger partial charge on any atom is -0.0613 e. The van der Waals surface area contributed by atoms with Crippen molar-refractivity contribution in [3.05, 3.63) is 101 Å². The predicted molar refractivity (Wildman–Crippen MR) is 220 cm³/mol. The van der Waals surface area contributed by atoms with E-state index < -0.39 is 0 Å². The Balaban J connectivity index is 1.79. The first kappa shape index (κ1) is 33.9. The average Bonchev–Trinajstić information content (AvgIpc) is 2.97. The summed E-state index contributed by atoms with van der Waals surface area (Å²) in [6.45, 7) is 36.2. The second-order valence-electron chi connectivity index (χ2n) is 20.3. The summed E-state index contributed by atoms with van der Waals surface area (Å²) in [6.07, 6.45) is 0. The number of hydrogen-bond donors (Lipinski definition) is 0. The fourth-order valence-electron chi connectivity index (χ4n) is 8.67. The Morgan fingerprint density at radius 2 is 0.816 bits per heavy atom. The van der Waals surface area contributed by atoms with E-state index in [4.69, 9.17) is 0 Å². The molecule has 0 nitrogen and oxygen atoms in total. The summed E-state index contributed by atoms with van der Waals surface area (Å²) < 4.78 is 0. The molecular weight excluding hydrogens is 587 g/mol. The summed E-state index contributed by atoms with van der Waals surface area (Å²) in [5.41, 5.74) is 14.5. The van der Waals surface area contributed by atoms with Gasteiger partial charge in [0.15, 0.2) is 0 Å². The number of fused-ring (bicyclic) bond motifs is 2. The van der Waals surface area contributed by atoms with Gasteiger partial charge in [-0.05, 0) is 98.3 Å². The highest BCUT2D eigenvalue weighted by Crippen LogP contribution is 2.44. The first-order valence-electron chi connectivity index (χ1n) is 18.6. The van der Waals surface area contributed by atoms with Crippen molar-refractivity contribution in [1.29, 1.82) is 0 Å². The molecule has 1 aliphatic rings. The molecule has 0 atom stereocenters. The van der Waals surface area contributed by atoms with Gasteiger partial charge >= 0.3 is 0 Å². The molecule has 0 fully saturated rings. The Kier molecular flexibility index (Phi) is 7.25. The van der Waals surface area contributed by atoms with Gasteiger partial charge in [-0.15, -0.1) is 0 Å². The smallest absolute Gasteiger partial charge is 0.0613 e. The van der Waals surface area contributed by atoms with E-state index in [-0.39, 0.29) is 33.8 Å². The van der Waals surface area contributed by atoms with Crippen molar-refractivity contribution in [2.75, 3.05) is 0 Å². The fraction of sp³-hybridized carbons (Fsp3) is 0.417. The standard InChI is InChI=1S/C48H57B/c1-44(2,3)31-24-34-33-22-21-29-20-19-28-17-16-18-30-23-38(41(33)40(29)39(28)30)49(42(34)35(25-31)46(7,8)9)43-36(47(10,11)12)26-32(45(4,5)6)27-37(43)48(13,14)15/h16-27H,1-15H3. The molecule has 6 aromatic rings. The molecule has 7 rings (SSSR count). The molecule has 0 saturated carbocycles. The highest BCUT2D eigenvalue weighted by molar-refractivity contribution is 6.99. The minimum absolute atomic E-state index is 0.0239. The highest BCUT2D eigenvalue weighted by Gasteiger charge is 2.43. The van der Waals surface area contributed by atoms with Crippen molar-refractivity contribution < 1.29 is 0 Å². The summed E-state index contributed by atoms with van der Waals surface area (Å²) in [5, 5.41) is 8.30. The SMILES string of the molecule is CC(C)(C)c1cc2c(c(C(C)(C)C)c1)B(c1c(C(C)(C)C)cc(C(C)(C)C)cc1C(C)(C)C)c1cc3cccc4ccc5ccc-2c1c5c43. The largest absolute Gasteiger partial charge is 0.244 e. The van der Waals surface area contributed by atoms with Crippen LogP contribution in [0.15, 0.2) is 72.8 Å². The van der Waals surface area contributed by atoms with E-state index in [1.807, 2.05) is 0 Å². The number of benzene rings is 6. The fourth-order valence-corrected chi connectivity index (χ4v) is 8.67. The average molecular weight is 645 g/mol. The molecule has 1 heteroatoms. The molecule has 0 bridgehead atoms. The van der Waals surface area contributed by atoms with Crippen LogP contribution in [0.25, 0.3) is 43.4 Å². The maximum Gasteiger partial charge on any atom is 0.244 e. The summed E-state index contributed by atoms with van der Waals surface area (Å²) in [5.74, 6) is 0. The van der Waals surface area contributed by atoms with Crippen LogP contribution in [0, 0.1) is 0 Å². The Labute approximate surface area is 297 Å². The maximum atomic E-state index is 2.59. The van der Waals surface area contributed by atoms with Gasteiger partial charge in [-0.1, -0.05) is 193 Å². The minimum atomic E-state index is -0.0521. The zero-order valence-corrected chi connectivity index (χ0v) is 33.0. The van der Waals surface area contributed by atoms with Crippen molar-refractivity contribution >= 4 is 55.4 Å². The lowest BCUT2D eigenvalue weighted by Crippen LogP contribution is -2.60. The van der Waals surface area contributed by atoms with Gasteiger partial charge in [-0.3, -0.25) is 0 Å². The zero-order chi connectivity index (χ0) is 35.8. The molecule has 6 aromatic carbocycles. The summed E-state index contributed by atoms with van der Waals surface area (Å²) >= 11 is 0. The molecular formula is C48H57B. The quantitative estimate of drug-likeness (QED) is 0.123. The van der Waals surface area contributed by atoms with Crippen LogP contribution in [0.1, 0.15) is 132 Å².